The monoisotopic (exact) mass is 380 g/mol. The van der Waals surface area contributed by atoms with Gasteiger partial charge < -0.3 is 29.9 Å². The molecule has 4 aromatic carbocycles. The van der Waals surface area contributed by atoms with Crippen molar-refractivity contribution >= 4 is 32.3 Å². The molecule has 0 radical (unpaired) electrons. The van der Waals surface area contributed by atoms with Gasteiger partial charge in [-0.25, -0.2) is 0 Å². The summed E-state index contributed by atoms with van der Waals surface area (Å²) >= 11 is 0. The van der Waals surface area contributed by atoms with Crippen LogP contribution >= 0.6 is 0 Å². The van der Waals surface area contributed by atoms with Gasteiger partial charge in [0, 0.05) is 10.8 Å². The van der Waals surface area contributed by atoms with Crippen LogP contribution in [-0.4, -0.2) is 57.7 Å². The second kappa shape index (κ2) is 6.55. The molecule has 0 unspecified atom stereocenters. The second-order valence-corrected chi connectivity index (χ2v) is 7.23. The van der Waals surface area contributed by atoms with Crippen LogP contribution in [0.5, 0.6) is 5.75 Å². The SMILES string of the molecule is OC[C@H]1O[C@@H](Oc2ccc3ccc4cccc5ccc2c3c45)[C@H](O)[C@@H](O)[C@@H]1O. The lowest BCUT2D eigenvalue weighted by molar-refractivity contribution is -0.277. The summed E-state index contributed by atoms with van der Waals surface area (Å²) in [4.78, 5) is 0. The van der Waals surface area contributed by atoms with E-state index >= 15 is 0 Å². The van der Waals surface area contributed by atoms with E-state index in [-0.39, 0.29) is 0 Å². The Balaban J connectivity index is 1.61. The molecule has 1 fully saturated rings. The highest BCUT2D eigenvalue weighted by molar-refractivity contribution is 6.24. The third kappa shape index (κ3) is 2.54. The van der Waals surface area contributed by atoms with Gasteiger partial charge in [-0.3, -0.25) is 0 Å². The first-order chi connectivity index (χ1) is 13.6. The lowest BCUT2D eigenvalue weighted by atomic mass is 9.94. The van der Waals surface area contributed by atoms with Gasteiger partial charge in [0.05, 0.1) is 6.61 Å². The summed E-state index contributed by atoms with van der Waals surface area (Å²) in [6.07, 6.45) is -6.56. The first-order valence-corrected chi connectivity index (χ1v) is 9.22. The second-order valence-electron chi connectivity index (χ2n) is 7.23. The molecule has 6 nitrogen and oxygen atoms in total. The van der Waals surface area contributed by atoms with Crippen LogP contribution in [0.3, 0.4) is 0 Å². The molecule has 1 aliphatic rings. The maximum atomic E-state index is 10.3. The van der Waals surface area contributed by atoms with E-state index in [1.165, 1.54) is 0 Å². The molecule has 5 rings (SSSR count). The van der Waals surface area contributed by atoms with Gasteiger partial charge in [-0.2, -0.15) is 0 Å². The average Bonchev–Trinajstić information content (AvgIpc) is 2.73. The van der Waals surface area contributed by atoms with E-state index in [0.29, 0.717) is 5.75 Å². The van der Waals surface area contributed by atoms with Crippen molar-refractivity contribution in [2.75, 3.05) is 6.61 Å². The maximum Gasteiger partial charge on any atom is 0.229 e. The predicted molar refractivity (Wildman–Crippen MR) is 105 cm³/mol. The van der Waals surface area contributed by atoms with E-state index in [9.17, 15) is 20.4 Å². The van der Waals surface area contributed by atoms with Gasteiger partial charge in [0.25, 0.3) is 0 Å². The van der Waals surface area contributed by atoms with Crippen molar-refractivity contribution < 1.29 is 29.9 Å². The molecule has 144 valence electrons. The molecule has 1 aliphatic heterocycles. The zero-order valence-electron chi connectivity index (χ0n) is 14.9. The van der Waals surface area contributed by atoms with E-state index in [1.807, 2.05) is 24.3 Å². The van der Waals surface area contributed by atoms with Crippen LogP contribution in [0, 0.1) is 0 Å². The fourth-order valence-corrected chi connectivity index (χ4v) is 4.10. The molecule has 0 aromatic heterocycles. The fourth-order valence-electron chi connectivity index (χ4n) is 4.10. The molecule has 5 atom stereocenters. The van der Waals surface area contributed by atoms with Gasteiger partial charge in [0.1, 0.15) is 30.2 Å². The van der Waals surface area contributed by atoms with Crippen LogP contribution in [-0.2, 0) is 4.74 Å². The Morgan fingerprint density at radius 3 is 2.11 bits per heavy atom. The molecule has 28 heavy (non-hydrogen) atoms. The topological polar surface area (TPSA) is 99.4 Å². The molecule has 0 aliphatic carbocycles. The summed E-state index contributed by atoms with van der Waals surface area (Å²) < 4.78 is 11.4. The predicted octanol–water partition coefficient (Wildman–Crippen LogP) is 1.76. The highest BCUT2D eigenvalue weighted by Gasteiger charge is 2.44. The lowest BCUT2D eigenvalue weighted by Gasteiger charge is -2.39. The quantitative estimate of drug-likeness (QED) is 0.404. The van der Waals surface area contributed by atoms with Crippen molar-refractivity contribution in [3.63, 3.8) is 0 Å². The van der Waals surface area contributed by atoms with Crippen molar-refractivity contribution in [2.24, 2.45) is 0 Å². The molecule has 1 saturated heterocycles. The summed E-state index contributed by atoms with van der Waals surface area (Å²) in [7, 11) is 0. The Hall–Kier alpha value is -2.48. The molecule has 4 aromatic rings. The summed E-state index contributed by atoms with van der Waals surface area (Å²) in [6, 6.07) is 18.0. The zero-order valence-corrected chi connectivity index (χ0v) is 14.9. The minimum absolute atomic E-state index is 0.495. The molecule has 6 heteroatoms. The first kappa shape index (κ1) is 17.6. The van der Waals surface area contributed by atoms with E-state index in [0.717, 1.165) is 32.3 Å². The molecule has 4 N–H and O–H groups in total. The number of aliphatic hydroxyl groups is 4. The minimum atomic E-state index is -1.48. The summed E-state index contributed by atoms with van der Waals surface area (Å²) in [5.74, 6) is 0.495. The molecule has 1 heterocycles. The Morgan fingerprint density at radius 2 is 1.39 bits per heavy atom. The van der Waals surface area contributed by atoms with Crippen molar-refractivity contribution in [1.82, 2.24) is 0 Å². The average molecular weight is 380 g/mol. The van der Waals surface area contributed by atoms with Crippen molar-refractivity contribution in [3.05, 3.63) is 54.6 Å². The van der Waals surface area contributed by atoms with Gasteiger partial charge in [0.15, 0.2) is 0 Å². The third-order valence-corrected chi connectivity index (χ3v) is 5.58. The van der Waals surface area contributed by atoms with Gasteiger partial charge >= 0.3 is 0 Å². The molecule has 0 bridgehead atoms. The van der Waals surface area contributed by atoms with Crippen LogP contribution in [0.2, 0.25) is 0 Å². The Labute approximate surface area is 160 Å². The van der Waals surface area contributed by atoms with Crippen molar-refractivity contribution in [1.29, 1.82) is 0 Å². The zero-order chi connectivity index (χ0) is 19.4. The standard InChI is InChI=1S/C22H20O6/c23-10-16-19(24)20(25)21(26)22(28-16)27-15-9-7-13-5-4-11-2-1-3-12-6-8-14(15)18(13)17(11)12/h1-9,16,19-26H,10H2/t16-,19-,20+,21-,22-/m1/s1. The Bertz CT molecular complexity index is 1120. The normalized spacial score (nSPS) is 28.4. The van der Waals surface area contributed by atoms with Gasteiger partial charge in [-0.05, 0) is 33.7 Å². The lowest BCUT2D eigenvalue weighted by Crippen LogP contribution is -2.60. The summed E-state index contributed by atoms with van der Waals surface area (Å²) in [5, 5.41) is 46.0. The highest BCUT2D eigenvalue weighted by atomic mass is 16.7. The van der Waals surface area contributed by atoms with Gasteiger partial charge in [-0.15, -0.1) is 0 Å². The van der Waals surface area contributed by atoms with Crippen LogP contribution in [0.1, 0.15) is 0 Å². The molecule has 0 amide bonds. The minimum Gasteiger partial charge on any atom is -0.461 e. The van der Waals surface area contributed by atoms with E-state index in [4.69, 9.17) is 9.47 Å². The van der Waals surface area contributed by atoms with Gasteiger partial charge in [0.2, 0.25) is 6.29 Å². The number of hydrogen-bond acceptors (Lipinski definition) is 6. The number of rotatable bonds is 3. The van der Waals surface area contributed by atoms with E-state index in [1.54, 1.807) is 6.07 Å². The van der Waals surface area contributed by atoms with Crippen molar-refractivity contribution in [3.8, 4) is 5.75 Å². The summed E-state index contributed by atoms with van der Waals surface area (Å²) in [6.45, 7) is -0.497. The Morgan fingerprint density at radius 1 is 0.750 bits per heavy atom. The first-order valence-electron chi connectivity index (χ1n) is 9.22. The van der Waals surface area contributed by atoms with E-state index < -0.39 is 37.3 Å². The van der Waals surface area contributed by atoms with E-state index in [2.05, 4.69) is 24.3 Å². The Kier molecular flexibility index (Phi) is 4.12. The molecular weight excluding hydrogens is 360 g/mol. The number of benzene rings is 4. The molecule has 0 spiro atoms. The highest BCUT2D eigenvalue weighted by Crippen LogP contribution is 2.39. The van der Waals surface area contributed by atoms with Gasteiger partial charge in [-0.1, -0.05) is 42.5 Å². The fraction of sp³-hybridized carbons (Fsp3) is 0.273. The summed E-state index contributed by atoms with van der Waals surface area (Å²) in [5.41, 5.74) is 0. The third-order valence-electron chi connectivity index (χ3n) is 5.58. The van der Waals surface area contributed by atoms with Crippen LogP contribution in [0.15, 0.2) is 54.6 Å². The number of ether oxygens (including phenoxy) is 2. The van der Waals surface area contributed by atoms with Crippen LogP contribution < -0.4 is 4.74 Å². The number of aliphatic hydroxyl groups excluding tert-OH is 4. The molecular formula is C22H20O6. The largest absolute Gasteiger partial charge is 0.461 e. The number of hydrogen-bond donors (Lipinski definition) is 4. The van der Waals surface area contributed by atoms with Crippen LogP contribution in [0.4, 0.5) is 0 Å². The maximum absolute atomic E-state index is 10.3. The van der Waals surface area contributed by atoms with Crippen LogP contribution in [0.25, 0.3) is 32.3 Å². The van der Waals surface area contributed by atoms with Crippen molar-refractivity contribution in [2.45, 2.75) is 30.7 Å². The molecule has 0 saturated carbocycles. The smallest absolute Gasteiger partial charge is 0.229 e.